The van der Waals surface area contributed by atoms with Gasteiger partial charge in [-0.3, -0.25) is 0 Å². The minimum atomic E-state index is 0.152. The van der Waals surface area contributed by atoms with Gasteiger partial charge in [0.05, 0.1) is 0 Å². The molecule has 2 nitrogen and oxygen atoms in total. The Kier molecular flexibility index (Phi) is 7.78. The first kappa shape index (κ1) is 17.7. The Morgan fingerprint density at radius 3 is 2.55 bits per heavy atom. The molecular weight excluding hydrogens is 314 g/mol. The molecule has 0 saturated carbocycles. The lowest BCUT2D eigenvalue weighted by atomic mass is 9.93. The zero-order chi connectivity index (χ0) is 15.0. The molecule has 0 aliphatic rings. The second kappa shape index (κ2) is 8.81. The van der Waals surface area contributed by atoms with Crippen molar-refractivity contribution >= 4 is 15.9 Å². The van der Waals surface area contributed by atoms with Crippen molar-refractivity contribution in [1.82, 2.24) is 5.32 Å². The number of halogens is 1. The molecule has 1 aromatic rings. The quantitative estimate of drug-likeness (QED) is 0.689. The molecule has 114 valence electrons. The maximum atomic E-state index is 5.46. The minimum absolute atomic E-state index is 0.152. The first-order valence-corrected chi connectivity index (χ1v) is 8.30. The summed E-state index contributed by atoms with van der Waals surface area (Å²) in [6.45, 7) is 11.3. The molecule has 1 aromatic carbocycles. The fraction of sp³-hybridized carbons (Fsp3) is 0.647. The average Bonchev–Trinajstić information content (AvgIpc) is 2.38. The van der Waals surface area contributed by atoms with Gasteiger partial charge in [0.15, 0.2) is 0 Å². The van der Waals surface area contributed by atoms with E-state index in [2.05, 4.69) is 66.3 Å². The summed E-state index contributed by atoms with van der Waals surface area (Å²) in [4.78, 5) is 0. The highest BCUT2D eigenvalue weighted by Gasteiger charge is 2.17. The van der Waals surface area contributed by atoms with Crippen LogP contribution in [0.5, 0.6) is 0 Å². The monoisotopic (exact) mass is 341 g/mol. The number of nitrogens with one attached hydrogen (secondary N) is 1. The zero-order valence-corrected chi connectivity index (χ0v) is 14.8. The first-order valence-electron chi connectivity index (χ1n) is 7.51. The van der Waals surface area contributed by atoms with Gasteiger partial charge in [-0.15, -0.1) is 0 Å². The average molecular weight is 342 g/mol. The molecule has 20 heavy (non-hydrogen) atoms. The summed E-state index contributed by atoms with van der Waals surface area (Å²) in [5, 5.41) is 3.63. The highest BCUT2D eigenvalue weighted by atomic mass is 79.9. The lowest BCUT2D eigenvalue weighted by Gasteiger charge is -2.26. The Hall–Kier alpha value is -0.380. The van der Waals surface area contributed by atoms with E-state index in [1.54, 1.807) is 0 Å². The molecule has 0 fully saturated rings. The Labute approximate surface area is 132 Å². The van der Waals surface area contributed by atoms with Gasteiger partial charge < -0.3 is 10.1 Å². The van der Waals surface area contributed by atoms with Crippen LogP contribution < -0.4 is 5.32 Å². The van der Waals surface area contributed by atoms with Crippen LogP contribution in [0.15, 0.2) is 28.7 Å². The number of hydrogen-bond acceptors (Lipinski definition) is 2. The molecule has 3 heteroatoms. The summed E-state index contributed by atoms with van der Waals surface area (Å²) in [6.07, 6.45) is 2.25. The van der Waals surface area contributed by atoms with E-state index in [-0.39, 0.29) is 5.54 Å². The largest absolute Gasteiger partial charge is 0.382 e. The van der Waals surface area contributed by atoms with Crippen LogP contribution >= 0.6 is 15.9 Å². The predicted octanol–water partition coefficient (Wildman–Crippen LogP) is 4.74. The van der Waals surface area contributed by atoms with Gasteiger partial charge in [0, 0.05) is 29.8 Å². The van der Waals surface area contributed by atoms with Crippen molar-refractivity contribution in [2.24, 2.45) is 0 Å². The van der Waals surface area contributed by atoms with Gasteiger partial charge in [-0.1, -0.05) is 34.1 Å². The third-order valence-corrected chi connectivity index (χ3v) is 3.99. The number of hydrogen-bond donors (Lipinski definition) is 1. The number of ether oxygens (including phenoxy) is 1. The Morgan fingerprint density at radius 2 is 1.95 bits per heavy atom. The molecule has 0 amide bonds. The lowest BCUT2D eigenvalue weighted by Crippen LogP contribution is -2.38. The topological polar surface area (TPSA) is 21.3 Å². The van der Waals surface area contributed by atoms with E-state index in [9.17, 15) is 0 Å². The fourth-order valence-corrected chi connectivity index (χ4v) is 2.79. The van der Waals surface area contributed by atoms with Gasteiger partial charge >= 0.3 is 0 Å². The van der Waals surface area contributed by atoms with E-state index in [1.807, 2.05) is 6.92 Å². The van der Waals surface area contributed by atoms with Crippen molar-refractivity contribution in [3.8, 4) is 0 Å². The van der Waals surface area contributed by atoms with Crippen molar-refractivity contribution in [1.29, 1.82) is 0 Å². The zero-order valence-electron chi connectivity index (χ0n) is 13.2. The van der Waals surface area contributed by atoms with Crippen LogP contribution in [0, 0.1) is 0 Å². The summed E-state index contributed by atoms with van der Waals surface area (Å²) in [7, 11) is 0. The second-order valence-electron chi connectivity index (χ2n) is 6.19. The molecule has 0 heterocycles. The molecule has 1 N–H and O–H groups in total. The number of benzene rings is 1. The summed E-state index contributed by atoms with van der Waals surface area (Å²) in [6, 6.07) is 8.54. The maximum Gasteiger partial charge on any atom is 0.0466 e. The van der Waals surface area contributed by atoms with Crippen molar-refractivity contribution in [2.45, 2.75) is 52.0 Å². The van der Waals surface area contributed by atoms with Gasteiger partial charge in [0.1, 0.15) is 0 Å². The summed E-state index contributed by atoms with van der Waals surface area (Å²) in [5.74, 6) is 0.519. The third-order valence-electron chi connectivity index (χ3n) is 3.27. The van der Waals surface area contributed by atoms with E-state index < -0.39 is 0 Å². The third kappa shape index (κ3) is 6.87. The van der Waals surface area contributed by atoms with Crippen LogP contribution in [0.1, 0.15) is 52.0 Å². The highest BCUT2D eigenvalue weighted by Crippen LogP contribution is 2.28. The molecule has 1 unspecified atom stereocenters. The minimum Gasteiger partial charge on any atom is -0.382 e. The molecule has 1 atom stereocenters. The molecule has 0 aromatic heterocycles. The molecule has 0 radical (unpaired) electrons. The van der Waals surface area contributed by atoms with E-state index >= 15 is 0 Å². The molecular formula is C17H28BrNO. The molecule has 0 aliphatic heterocycles. The summed E-state index contributed by atoms with van der Waals surface area (Å²) < 4.78 is 6.67. The standard InChI is InChI=1S/C17H28BrNO/c1-5-20-12-8-9-14(13-19-17(2,3)4)15-10-6-7-11-16(15)18/h6-7,10-11,14,19H,5,8-9,12-13H2,1-4H3. The van der Waals surface area contributed by atoms with E-state index in [0.29, 0.717) is 5.92 Å². The van der Waals surface area contributed by atoms with Gasteiger partial charge in [0.25, 0.3) is 0 Å². The van der Waals surface area contributed by atoms with Crippen molar-refractivity contribution in [3.05, 3.63) is 34.3 Å². The normalized spacial score (nSPS) is 13.4. The molecule has 1 rings (SSSR count). The Morgan fingerprint density at radius 1 is 1.25 bits per heavy atom. The number of rotatable bonds is 8. The van der Waals surface area contributed by atoms with E-state index in [1.165, 1.54) is 10.0 Å². The van der Waals surface area contributed by atoms with Crippen molar-refractivity contribution in [3.63, 3.8) is 0 Å². The van der Waals surface area contributed by atoms with Crippen LogP contribution in [0.3, 0.4) is 0 Å². The summed E-state index contributed by atoms with van der Waals surface area (Å²) >= 11 is 3.68. The van der Waals surface area contributed by atoms with E-state index in [0.717, 1.165) is 32.6 Å². The molecule has 0 aliphatic carbocycles. The Balaban J connectivity index is 2.66. The summed E-state index contributed by atoms with van der Waals surface area (Å²) in [5.41, 5.74) is 1.54. The smallest absolute Gasteiger partial charge is 0.0466 e. The molecule has 0 saturated heterocycles. The second-order valence-corrected chi connectivity index (χ2v) is 7.04. The van der Waals surface area contributed by atoms with Gasteiger partial charge in [-0.2, -0.15) is 0 Å². The predicted molar refractivity (Wildman–Crippen MR) is 90.4 cm³/mol. The van der Waals surface area contributed by atoms with Crippen LogP contribution in [-0.2, 0) is 4.74 Å². The lowest BCUT2D eigenvalue weighted by molar-refractivity contribution is 0.141. The van der Waals surface area contributed by atoms with Crippen LogP contribution in [0.2, 0.25) is 0 Å². The molecule has 0 spiro atoms. The maximum absolute atomic E-state index is 5.46. The first-order chi connectivity index (χ1) is 9.44. The van der Waals surface area contributed by atoms with Crippen LogP contribution in [-0.4, -0.2) is 25.3 Å². The van der Waals surface area contributed by atoms with Gasteiger partial charge in [-0.05, 0) is 58.1 Å². The van der Waals surface area contributed by atoms with Crippen molar-refractivity contribution in [2.75, 3.05) is 19.8 Å². The molecule has 0 bridgehead atoms. The fourth-order valence-electron chi connectivity index (χ4n) is 2.18. The van der Waals surface area contributed by atoms with E-state index in [4.69, 9.17) is 4.74 Å². The SMILES string of the molecule is CCOCCCC(CNC(C)(C)C)c1ccccc1Br. The Bertz CT molecular complexity index is 387. The van der Waals surface area contributed by atoms with Gasteiger partial charge in [0.2, 0.25) is 0 Å². The van der Waals surface area contributed by atoms with Crippen LogP contribution in [0.25, 0.3) is 0 Å². The van der Waals surface area contributed by atoms with Gasteiger partial charge in [-0.25, -0.2) is 0 Å². The highest BCUT2D eigenvalue weighted by molar-refractivity contribution is 9.10. The van der Waals surface area contributed by atoms with Crippen molar-refractivity contribution < 1.29 is 4.74 Å². The van der Waals surface area contributed by atoms with Crippen LogP contribution in [0.4, 0.5) is 0 Å².